The van der Waals surface area contributed by atoms with Gasteiger partial charge in [-0.2, -0.15) is 0 Å². The Morgan fingerprint density at radius 1 is 1.00 bits per heavy atom. The number of nitrogens with zero attached hydrogens (tertiary/aromatic N) is 1. The molecule has 2 aromatic carbocycles. The summed E-state index contributed by atoms with van der Waals surface area (Å²) in [5, 5.41) is 11.3. The second kappa shape index (κ2) is 7.42. The molecule has 2 aromatic rings. The number of fused-ring (bicyclic) bond motifs is 2. The van der Waals surface area contributed by atoms with E-state index in [1.807, 2.05) is 30.3 Å². The molecule has 2 saturated heterocycles. The summed E-state index contributed by atoms with van der Waals surface area (Å²) in [5.74, 6) is 0.947. The Bertz CT molecular complexity index is 699. The van der Waals surface area contributed by atoms with Crippen molar-refractivity contribution in [3.05, 3.63) is 65.7 Å². The van der Waals surface area contributed by atoms with Crippen LogP contribution < -0.4 is 4.74 Å². The Morgan fingerprint density at radius 2 is 1.65 bits per heavy atom. The summed E-state index contributed by atoms with van der Waals surface area (Å²) in [6.07, 6.45) is 5.15. The number of benzene rings is 2. The van der Waals surface area contributed by atoms with Crippen molar-refractivity contribution in [2.75, 3.05) is 13.2 Å². The van der Waals surface area contributed by atoms with Crippen LogP contribution in [0, 0.1) is 6.92 Å². The maximum atomic E-state index is 11.3. The van der Waals surface area contributed by atoms with Crippen molar-refractivity contribution in [2.24, 2.45) is 0 Å². The van der Waals surface area contributed by atoms with Crippen molar-refractivity contribution in [3.8, 4) is 5.75 Å². The van der Waals surface area contributed by atoms with E-state index >= 15 is 0 Å². The highest BCUT2D eigenvalue weighted by Gasteiger charge is 2.47. The fourth-order valence-corrected chi connectivity index (χ4v) is 4.73. The Kier molecular flexibility index (Phi) is 5.01. The molecule has 3 heteroatoms. The normalized spacial score (nSPS) is 28.2. The van der Waals surface area contributed by atoms with Crippen molar-refractivity contribution in [1.82, 2.24) is 4.90 Å². The second-order valence-electron chi connectivity index (χ2n) is 7.94. The van der Waals surface area contributed by atoms with Gasteiger partial charge in [-0.05, 0) is 56.7 Å². The minimum absolute atomic E-state index is 0.497. The molecule has 2 unspecified atom stereocenters. The lowest BCUT2D eigenvalue weighted by molar-refractivity contribution is -0.0575. The monoisotopic (exact) mass is 351 g/mol. The van der Waals surface area contributed by atoms with Gasteiger partial charge in [-0.3, -0.25) is 4.90 Å². The van der Waals surface area contributed by atoms with Gasteiger partial charge in [0.05, 0.1) is 12.2 Å². The minimum atomic E-state index is -0.656. The predicted molar refractivity (Wildman–Crippen MR) is 104 cm³/mol. The molecule has 0 aliphatic carbocycles. The molecule has 2 heterocycles. The fourth-order valence-electron chi connectivity index (χ4n) is 4.73. The molecule has 2 fully saturated rings. The van der Waals surface area contributed by atoms with Gasteiger partial charge in [0.15, 0.2) is 0 Å². The van der Waals surface area contributed by atoms with Crippen molar-refractivity contribution in [1.29, 1.82) is 0 Å². The van der Waals surface area contributed by atoms with E-state index in [9.17, 15) is 5.11 Å². The van der Waals surface area contributed by atoms with Crippen molar-refractivity contribution in [3.63, 3.8) is 0 Å². The zero-order valence-corrected chi connectivity index (χ0v) is 15.6. The maximum Gasteiger partial charge on any atom is 0.119 e. The van der Waals surface area contributed by atoms with Gasteiger partial charge in [0.25, 0.3) is 0 Å². The summed E-state index contributed by atoms with van der Waals surface area (Å²) >= 11 is 0. The van der Waals surface area contributed by atoms with Crippen molar-refractivity contribution < 1.29 is 9.84 Å². The Balaban J connectivity index is 1.33. The van der Waals surface area contributed by atoms with Crippen LogP contribution in [0.1, 0.15) is 43.2 Å². The van der Waals surface area contributed by atoms with Gasteiger partial charge in [-0.25, -0.2) is 0 Å². The maximum absolute atomic E-state index is 11.3. The second-order valence-corrected chi connectivity index (χ2v) is 7.94. The lowest BCUT2D eigenvalue weighted by atomic mass is 9.80. The van der Waals surface area contributed by atoms with Crippen LogP contribution in [0.2, 0.25) is 0 Å². The summed E-state index contributed by atoms with van der Waals surface area (Å²) in [4.78, 5) is 2.62. The first-order valence-electron chi connectivity index (χ1n) is 9.87. The van der Waals surface area contributed by atoms with Crippen LogP contribution in [0.4, 0.5) is 0 Å². The highest BCUT2D eigenvalue weighted by molar-refractivity contribution is 5.28. The third-order valence-electron chi connectivity index (χ3n) is 6.08. The summed E-state index contributed by atoms with van der Waals surface area (Å²) in [6.45, 7) is 3.91. The number of hydrogen-bond acceptors (Lipinski definition) is 3. The molecule has 138 valence electrons. The molecule has 2 atom stereocenters. The Hall–Kier alpha value is -1.84. The molecular weight excluding hydrogens is 322 g/mol. The average molecular weight is 351 g/mol. The van der Waals surface area contributed by atoms with E-state index in [2.05, 4.69) is 36.1 Å². The van der Waals surface area contributed by atoms with Gasteiger partial charge < -0.3 is 9.84 Å². The van der Waals surface area contributed by atoms with Gasteiger partial charge in [0, 0.05) is 18.6 Å². The third-order valence-corrected chi connectivity index (χ3v) is 6.08. The van der Waals surface area contributed by atoms with Crippen LogP contribution in [0.3, 0.4) is 0 Å². The topological polar surface area (TPSA) is 32.7 Å². The first kappa shape index (κ1) is 17.6. The molecule has 2 aliphatic rings. The quantitative estimate of drug-likeness (QED) is 0.789. The van der Waals surface area contributed by atoms with Crippen LogP contribution in [-0.2, 0) is 5.60 Å². The van der Waals surface area contributed by atoms with Gasteiger partial charge in [0.1, 0.15) is 5.75 Å². The summed E-state index contributed by atoms with van der Waals surface area (Å²) in [5.41, 5.74) is 1.68. The first-order valence-corrected chi connectivity index (χ1v) is 9.87. The zero-order chi connectivity index (χ0) is 18.0. The average Bonchev–Trinajstić information content (AvgIpc) is 2.90. The molecule has 3 nitrogen and oxygen atoms in total. The van der Waals surface area contributed by atoms with Crippen LogP contribution >= 0.6 is 0 Å². The Morgan fingerprint density at radius 3 is 2.31 bits per heavy atom. The van der Waals surface area contributed by atoms with Gasteiger partial charge in [-0.15, -0.1) is 0 Å². The first-order chi connectivity index (χ1) is 12.6. The van der Waals surface area contributed by atoms with Gasteiger partial charge >= 0.3 is 0 Å². The molecule has 4 rings (SSSR count). The van der Waals surface area contributed by atoms with E-state index < -0.39 is 5.60 Å². The smallest absolute Gasteiger partial charge is 0.119 e. The Labute approximate surface area is 156 Å². The number of hydrogen-bond donors (Lipinski definition) is 1. The van der Waals surface area contributed by atoms with Gasteiger partial charge in [-0.1, -0.05) is 48.0 Å². The minimum Gasteiger partial charge on any atom is -0.494 e. The number of para-hydroxylation sites is 1. The van der Waals surface area contributed by atoms with E-state index in [-0.39, 0.29) is 0 Å². The van der Waals surface area contributed by atoms with E-state index in [0.717, 1.165) is 43.7 Å². The molecule has 2 bridgehead atoms. The number of piperidine rings is 1. The van der Waals surface area contributed by atoms with Crippen molar-refractivity contribution in [2.45, 2.75) is 56.7 Å². The molecule has 26 heavy (non-hydrogen) atoms. The lowest BCUT2D eigenvalue weighted by Crippen LogP contribution is -2.50. The van der Waals surface area contributed by atoms with E-state index in [1.165, 1.54) is 18.4 Å². The van der Waals surface area contributed by atoms with Crippen molar-refractivity contribution >= 4 is 0 Å². The van der Waals surface area contributed by atoms with E-state index in [1.54, 1.807) is 0 Å². The van der Waals surface area contributed by atoms with Crippen LogP contribution in [-0.4, -0.2) is 35.2 Å². The summed E-state index contributed by atoms with van der Waals surface area (Å²) in [7, 11) is 0. The third kappa shape index (κ3) is 3.65. The summed E-state index contributed by atoms with van der Waals surface area (Å²) < 4.78 is 5.83. The summed E-state index contributed by atoms with van der Waals surface area (Å²) in [6, 6.07) is 19.5. The number of aryl methyl sites for hydroxylation is 1. The van der Waals surface area contributed by atoms with Gasteiger partial charge in [0.2, 0.25) is 0 Å². The largest absolute Gasteiger partial charge is 0.494 e. The standard InChI is InChI=1S/C23H29NO2/c1-18-8-10-19(11-9-18)23(25)16-20-12-13-21(17-23)24(20)14-5-15-26-22-6-3-2-4-7-22/h2-4,6-11,20-21,25H,5,12-17H2,1H3. The van der Waals surface area contributed by atoms with Crippen LogP contribution in [0.15, 0.2) is 54.6 Å². The molecule has 0 saturated carbocycles. The molecule has 0 spiro atoms. The molecule has 1 N–H and O–H groups in total. The SMILES string of the molecule is Cc1ccc(C2(O)CC3CCC(C2)N3CCCOc2ccccc2)cc1. The molecule has 2 aliphatic heterocycles. The molecule has 0 aromatic heterocycles. The molecular formula is C23H29NO2. The number of ether oxygens (including phenoxy) is 1. The van der Waals surface area contributed by atoms with Crippen LogP contribution in [0.5, 0.6) is 5.75 Å². The number of aliphatic hydroxyl groups is 1. The zero-order valence-electron chi connectivity index (χ0n) is 15.6. The molecule has 0 amide bonds. The molecule has 0 radical (unpaired) electrons. The fraction of sp³-hybridized carbons (Fsp3) is 0.478. The highest BCUT2D eigenvalue weighted by atomic mass is 16.5. The van der Waals surface area contributed by atoms with E-state index in [0.29, 0.717) is 12.1 Å². The lowest BCUT2D eigenvalue weighted by Gasteiger charge is -2.44. The van der Waals surface area contributed by atoms with E-state index in [4.69, 9.17) is 4.74 Å². The predicted octanol–water partition coefficient (Wildman–Crippen LogP) is 4.28. The number of rotatable bonds is 6. The van der Waals surface area contributed by atoms with Crippen LogP contribution in [0.25, 0.3) is 0 Å². The highest BCUT2D eigenvalue weighted by Crippen LogP contribution is 2.45.